The Morgan fingerprint density at radius 3 is 2.65 bits per heavy atom. The van der Waals surface area contributed by atoms with E-state index < -0.39 is 0 Å². The van der Waals surface area contributed by atoms with Crippen LogP contribution in [0.5, 0.6) is 5.75 Å². The average Bonchev–Trinajstić information content (AvgIpc) is 2.55. The smallest absolute Gasteiger partial charge is 0.250 e. The number of carbonyl (C=O) groups is 1. The van der Waals surface area contributed by atoms with Gasteiger partial charge < -0.3 is 14.6 Å². The second-order valence-corrected chi connectivity index (χ2v) is 5.54. The minimum absolute atomic E-state index is 0.0476. The van der Waals surface area contributed by atoms with Crippen LogP contribution >= 0.6 is 11.6 Å². The highest BCUT2D eigenvalue weighted by Gasteiger charge is 2.03. The number of hydrogen-bond acceptors (Lipinski definition) is 3. The summed E-state index contributed by atoms with van der Waals surface area (Å²) in [7, 11) is 1.60. The molecule has 0 fully saturated rings. The number of amides is 1. The van der Waals surface area contributed by atoms with Gasteiger partial charge in [-0.2, -0.15) is 0 Å². The van der Waals surface area contributed by atoms with Gasteiger partial charge in [-0.15, -0.1) is 0 Å². The molecule has 23 heavy (non-hydrogen) atoms. The lowest BCUT2D eigenvalue weighted by Crippen LogP contribution is -2.28. The molecule has 0 aliphatic rings. The zero-order valence-electron chi connectivity index (χ0n) is 12.9. The lowest BCUT2D eigenvalue weighted by Gasteiger charge is -2.08. The summed E-state index contributed by atoms with van der Waals surface area (Å²) in [6, 6.07) is 10.4. The van der Waals surface area contributed by atoms with Crippen LogP contribution in [0.1, 0.15) is 12.0 Å². The van der Waals surface area contributed by atoms with E-state index in [1.165, 1.54) is 10.6 Å². The van der Waals surface area contributed by atoms with Crippen LogP contribution < -0.4 is 15.6 Å². The first kappa shape index (κ1) is 17.1. The van der Waals surface area contributed by atoms with Crippen LogP contribution in [0.25, 0.3) is 0 Å². The Morgan fingerprint density at radius 1 is 1.22 bits per heavy atom. The number of ether oxygens (including phenoxy) is 1. The molecule has 1 aromatic heterocycles. The van der Waals surface area contributed by atoms with E-state index in [9.17, 15) is 9.59 Å². The number of carbonyl (C=O) groups excluding carboxylic acids is 1. The van der Waals surface area contributed by atoms with E-state index in [2.05, 4.69) is 5.32 Å². The molecule has 0 spiro atoms. The SMILES string of the molecule is COc1ccc(CC(=O)NCCCn2cc(Cl)ccc2=O)cc1. The van der Waals surface area contributed by atoms with E-state index in [1.54, 1.807) is 19.4 Å². The number of nitrogens with one attached hydrogen (secondary N) is 1. The summed E-state index contributed by atoms with van der Waals surface area (Å²) in [5.74, 6) is 0.717. The molecule has 0 atom stereocenters. The summed E-state index contributed by atoms with van der Waals surface area (Å²) >= 11 is 5.85. The van der Waals surface area contributed by atoms with Gasteiger partial charge >= 0.3 is 0 Å². The second kappa shape index (κ2) is 8.39. The van der Waals surface area contributed by atoms with Crippen molar-refractivity contribution in [2.75, 3.05) is 13.7 Å². The molecule has 1 N–H and O–H groups in total. The van der Waals surface area contributed by atoms with Crippen molar-refractivity contribution in [3.05, 3.63) is 63.5 Å². The number of aromatic nitrogens is 1. The fourth-order valence-corrected chi connectivity index (χ4v) is 2.33. The quantitative estimate of drug-likeness (QED) is 0.790. The first-order valence-corrected chi connectivity index (χ1v) is 7.72. The van der Waals surface area contributed by atoms with Crippen molar-refractivity contribution in [1.82, 2.24) is 9.88 Å². The van der Waals surface area contributed by atoms with E-state index in [0.717, 1.165) is 11.3 Å². The molecule has 122 valence electrons. The van der Waals surface area contributed by atoms with E-state index in [4.69, 9.17) is 16.3 Å². The zero-order chi connectivity index (χ0) is 16.7. The number of halogens is 1. The van der Waals surface area contributed by atoms with Crippen LogP contribution in [0.2, 0.25) is 5.02 Å². The normalized spacial score (nSPS) is 10.3. The van der Waals surface area contributed by atoms with Gasteiger partial charge in [0.15, 0.2) is 0 Å². The van der Waals surface area contributed by atoms with Gasteiger partial charge in [0.05, 0.1) is 18.6 Å². The molecule has 1 amide bonds. The molecule has 5 nitrogen and oxygen atoms in total. The first-order chi connectivity index (χ1) is 11.1. The third-order valence-corrected chi connectivity index (χ3v) is 3.59. The summed E-state index contributed by atoms with van der Waals surface area (Å²) in [6.45, 7) is 1.02. The van der Waals surface area contributed by atoms with Crippen molar-refractivity contribution >= 4 is 17.5 Å². The molecule has 0 unspecified atom stereocenters. The Labute approximate surface area is 139 Å². The summed E-state index contributed by atoms with van der Waals surface area (Å²) in [5.41, 5.74) is 0.827. The van der Waals surface area contributed by atoms with E-state index in [-0.39, 0.29) is 11.5 Å². The molecular formula is C17H19ClN2O3. The molecule has 0 bridgehead atoms. The largest absolute Gasteiger partial charge is 0.497 e. The molecular weight excluding hydrogens is 316 g/mol. The maximum absolute atomic E-state index is 11.9. The van der Waals surface area contributed by atoms with Crippen molar-refractivity contribution in [2.24, 2.45) is 0 Å². The topological polar surface area (TPSA) is 60.3 Å². The zero-order valence-corrected chi connectivity index (χ0v) is 13.7. The number of hydrogen-bond donors (Lipinski definition) is 1. The molecule has 1 heterocycles. The Kier molecular flexibility index (Phi) is 6.23. The van der Waals surface area contributed by atoms with Crippen LogP contribution in [0.15, 0.2) is 47.4 Å². The lowest BCUT2D eigenvalue weighted by molar-refractivity contribution is -0.120. The maximum atomic E-state index is 11.9. The average molecular weight is 335 g/mol. The van der Waals surface area contributed by atoms with Gasteiger partial charge in [0.25, 0.3) is 5.56 Å². The Morgan fingerprint density at radius 2 is 1.96 bits per heavy atom. The summed E-state index contributed by atoms with van der Waals surface area (Å²) in [5, 5.41) is 3.37. The number of pyridine rings is 1. The Bertz CT molecular complexity index is 711. The van der Waals surface area contributed by atoms with Crippen molar-refractivity contribution in [2.45, 2.75) is 19.4 Å². The standard InChI is InChI=1S/C17H19ClN2O3/c1-23-15-6-3-13(4-7-15)11-16(21)19-9-2-10-20-12-14(18)5-8-17(20)22/h3-8,12H,2,9-11H2,1H3,(H,19,21). The Balaban J connectivity index is 1.74. The lowest BCUT2D eigenvalue weighted by atomic mass is 10.1. The van der Waals surface area contributed by atoms with Crippen LogP contribution in [0.4, 0.5) is 0 Å². The van der Waals surface area contributed by atoms with Crippen LogP contribution in [0, 0.1) is 0 Å². The van der Waals surface area contributed by atoms with Crippen molar-refractivity contribution in [3.8, 4) is 5.75 Å². The number of benzene rings is 1. The van der Waals surface area contributed by atoms with Crippen LogP contribution in [-0.4, -0.2) is 24.1 Å². The fraction of sp³-hybridized carbons (Fsp3) is 0.294. The molecule has 6 heteroatoms. The summed E-state index contributed by atoms with van der Waals surface area (Å²) < 4.78 is 6.62. The monoisotopic (exact) mass is 334 g/mol. The number of rotatable bonds is 7. The second-order valence-electron chi connectivity index (χ2n) is 5.11. The van der Waals surface area contributed by atoms with Gasteiger partial charge in [-0.3, -0.25) is 9.59 Å². The van der Waals surface area contributed by atoms with E-state index in [1.807, 2.05) is 24.3 Å². The number of aryl methyl sites for hydroxylation is 1. The molecule has 0 saturated heterocycles. The minimum atomic E-state index is -0.0982. The van der Waals surface area contributed by atoms with Gasteiger partial charge in [-0.1, -0.05) is 23.7 Å². The predicted molar refractivity (Wildman–Crippen MR) is 90.0 cm³/mol. The Hall–Kier alpha value is -2.27. The van der Waals surface area contributed by atoms with Gasteiger partial charge in [-0.25, -0.2) is 0 Å². The van der Waals surface area contributed by atoms with Crippen LogP contribution in [-0.2, 0) is 17.8 Å². The highest BCUT2D eigenvalue weighted by atomic mass is 35.5. The van der Waals surface area contributed by atoms with Gasteiger partial charge in [-0.05, 0) is 30.2 Å². The van der Waals surface area contributed by atoms with Crippen molar-refractivity contribution < 1.29 is 9.53 Å². The van der Waals surface area contributed by atoms with E-state index >= 15 is 0 Å². The van der Waals surface area contributed by atoms with Gasteiger partial charge in [0, 0.05) is 25.4 Å². The first-order valence-electron chi connectivity index (χ1n) is 7.34. The molecule has 0 saturated carbocycles. The van der Waals surface area contributed by atoms with Crippen molar-refractivity contribution in [1.29, 1.82) is 0 Å². The van der Waals surface area contributed by atoms with E-state index in [0.29, 0.717) is 31.0 Å². The van der Waals surface area contributed by atoms with Crippen LogP contribution in [0.3, 0.4) is 0 Å². The number of nitrogens with zero attached hydrogens (tertiary/aromatic N) is 1. The highest BCUT2D eigenvalue weighted by Crippen LogP contribution is 2.11. The fourth-order valence-electron chi connectivity index (χ4n) is 2.15. The van der Waals surface area contributed by atoms with Gasteiger partial charge in [0.1, 0.15) is 5.75 Å². The molecule has 1 aromatic carbocycles. The summed E-state index contributed by atoms with van der Waals surface area (Å²) in [6.07, 6.45) is 2.58. The minimum Gasteiger partial charge on any atom is -0.497 e. The molecule has 0 aliphatic carbocycles. The van der Waals surface area contributed by atoms with Crippen molar-refractivity contribution in [3.63, 3.8) is 0 Å². The third kappa shape index (κ3) is 5.45. The third-order valence-electron chi connectivity index (χ3n) is 3.37. The molecule has 2 aromatic rings. The molecule has 0 aliphatic heterocycles. The predicted octanol–water partition coefficient (Wildman–Crippen LogP) is 2.26. The van der Waals surface area contributed by atoms with Gasteiger partial charge in [0.2, 0.25) is 5.91 Å². The molecule has 0 radical (unpaired) electrons. The number of methoxy groups -OCH3 is 1. The summed E-state index contributed by atoms with van der Waals surface area (Å²) in [4.78, 5) is 23.5. The maximum Gasteiger partial charge on any atom is 0.250 e. The molecule has 2 rings (SSSR count). The highest BCUT2D eigenvalue weighted by molar-refractivity contribution is 6.30.